The average molecular weight is 347 g/mol. The molecular formula is C17H21N3O3S. The van der Waals surface area contributed by atoms with Gasteiger partial charge in [0.1, 0.15) is 18.4 Å². The van der Waals surface area contributed by atoms with E-state index in [4.69, 9.17) is 4.74 Å². The number of rotatable bonds is 7. The lowest BCUT2D eigenvalue weighted by molar-refractivity contribution is -0.122. The number of benzene rings is 1. The molecule has 6 nitrogen and oxygen atoms in total. The predicted octanol–water partition coefficient (Wildman–Crippen LogP) is 2.28. The molecule has 2 aromatic rings. The fraction of sp³-hybridized carbons (Fsp3) is 0.353. The normalized spacial score (nSPS) is 11.6. The number of likely N-dealkylation sites (N-methyl/N-ethyl adjacent to an activating group) is 1. The Morgan fingerprint density at radius 2 is 2.00 bits per heavy atom. The molecule has 0 saturated heterocycles. The highest BCUT2D eigenvalue weighted by molar-refractivity contribution is 7.09. The van der Waals surface area contributed by atoms with E-state index in [0.717, 1.165) is 10.7 Å². The highest BCUT2D eigenvalue weighted by atomic mass is 32.1. The fourth-order valence-corrected chi connectivity index (χ4v) is 2.60. The number of ether oxygens (including phenoxy) is 1. The van der Waals surface area contributed by atoms with Gasteiger partial charge in [-0.2, -0.15) is 0 Å². The van der Waals surface area contributed by atoms with Gasteiger partial charge in [-0.3, -0.25) is 9.59 Å². The molecular weight excluding hydrogens is 326 g/mol. The Labute approximate surface area is 145 Å². The van der Waals surface area contributed by atoms with Crippen LogP contribution < -0.4 is 15.4 Å². The predicted molar refractivity (Wildman–Crippen MR) is 93.2 cm³/mol. The number of hydrogen-bond donors (Lipinski definition) is 2. The first kappa shape index (κ1) is 17.9. The summed E-state index contributed by atoms with van der Waals surface area (Å²) in [5, 5.41) is 8.29. The molecule has 1 atom stereocenters. The molecule has 0 saturated carbocycles. The second-order valence-electron chi connectivity index (χ2n) is 5.26. The molecule has 0 aliphatic heterocycles. The summed E-state index contributed by atoms with van der Waals surface area (Å²) in [6, 6.07) is 6.21. The summed E-state index contributed by atoms with van der Waals surface area (Å²) in [6.07, 6.45) is 0. The number of amides is 2. The van der Waals surface area contributed by atoms with Crippen LogP contribution in [0.1, 0.15) is 34.9 Å². The van der Waals surface area contributed by atoms with Crippen LogP contribution in [0.15, 0.2) is 29.6 Å². The monoisotopic (exact) mass is 347 g/mol. The van der Waals surface area contributed by atoms with E-state index in [1.165, 1.54) is 0 Å². The molecule has 1 aromatic heterocycles. The number of thiazole rings is 1. The van der Waals surface area contributed by atoms with E-state index in [1.54, 1.807) is 42.5 Å². The maximum atomic E-state index is 12.1. The van der Waals surface area contributed by atoms with E-state index < -0.39 is 6.04 Å². The minimum absolute atomic E-state index is 0.204. The first-order valence-corrected chi connectivity index (χ1v) is 8.60. The SMILES string of the molecule is CCNC(=O)C(C)NC(=O)c1ccc(OCc2csc(C)n2)cc1. The molecule has 24 heavy (non-hydrogen) atoms. The lowest BCUT2D eigenvalue weighted by Gasteiger charge is -2.13. The number of nitrogens with zero attached hydrogens (tertiary/aromatic N) is 1. The number of aromatic nitrogens is 1. The van der Waals surface area contributed by atoms with Gasteiger partial charge in [0.05, 0.1) is 10.7 Å². The van der Waals surface area contributed by atoms with Crippen molar-refractivity contribution in [3.8, 4) is 5.75 Å². The second kappa shape index (κ2) is 8.44. The van der Waals surface area contributed by atoms with Gasteiger partial charge in [-0.15, -0.1) is 11.3 Å². The molecule has 0 fully saturated rings. The van der Waals surface area contributed by atoms with Gasteiger partial charge >= 0.3 is 0 Å². The minimum Gasteiger partial charge on any atom is -0.487 e. The van der Waals surface area contributed by atoms with Crippen molar-refractivity contribution in [1.29, 1.82) is 0 Å². The molecule has 0 radical (unpaired) electrons. The quantitative estimate of drug-likeness (QED) is 0.805. The van der Waals surface area contributed by atoms with Gasteiger partial charge in [0, 0.05) is 17.5 Å². The van der Waals surface area contributed by atoms with Gasteiger partial charge in [-0.1, -0.05) is 0 Å². The van der Waals surface area contributed by atoms with Crippen LogP contribution in [0.5, 0.6) is 5.75 Å². The number of carbonyl (C=O) groups excluding carboxylic acids is 2. The van der Waals surface area contributed by atoms with Gasteiger partial charge < -0.3 is 15.4 Å². The van der Waals surface area contributed by atoms with Crippen LogP contribution in [0.4, 0.5) is 0 Å². The molecule has 2 N–H and O–H groups in total. The van der Waals surface area contributed by atoms with Gasteiger partial charge in [0.2, 0.25) is 5.91 Å². The van der Waals surface area contributed by atoms with Gasteiger partial charge in [-0.25, -0.2) is 4.98 Å². The average Bonchev–Trinajstić information content (AvgIpc) is 2.99. The third-order valence-electron chi connectivity index (χ3n) is 3.26. The summed E-state index contributed by atoms with van der Waals surface area (Å²) in [4.78, 5) is 28.1. The lowest BCUT2D eigenvalue weighted by atomic mass is 10.2. The van der Waals surface area contributed by atoms with Crippen molar-refractivity contribution in [3.63, 3.8) is 0 Å². The summed E-state index contributed by atoms with van der Waals surface area (Å²) in [6.45, 7) is 6.35. The highest BCUT2D eigenvalue weighted by Gasteiger charge is 2.15. The third-order valence-corrected chi connectivity index (χ3v) is 4.08. The molecule has 0 spiro atoms. The first-order chi connectivity index (χ1) is 11.5. The molecule has 0 bridgehead atoms. The topological polar surface area (TPSA) is 80.3 Å². The zero-order valence-electron chi connectivity index (χ0n) is 14.0. The molecule has 1 aromatic carbocycles. The molecule has 1 unspecified atom stereocenters. The van der Waals surface area contributed by atoms with E-state index in [1.807, 2.05) is 19.2 Å². The highest BCUT2D eigenvalue weighted by Crippen LogP contribution is 2.15. The summed E-state index contributed by atoms with van der Waals surface area (Å²) in [7, 11) is 0. The van der Waals surface area contributed by atoms with Gasteiger partial charge in [-0.05, 0) is 45.0 Å². The maximum Gasteiger partial charge on any atom is 0.251 e. The van der Waals surface area contributed by atoms with Crippen molar-refractivity contribution < 1.29 is 14.3 Å². The number of carbonyl (C=O) groups is 2. The molecule has 0 aliphatic rings. The molecule has 7 heteroatoms. The molecule has 0 aliphatic carbocycles. The van der Waals surface area contributed by atoms with E-state index in [-0.39, 0.29) is 11.8 Å². The molecule has 1 heterocycles. The summed E-state index contributed by atoms with van der Waals surface area (Å²) in [5.74, 6) is 0.161. The Morgan fingerprint density at radius 3 is 2.58 bits per heavy atom. The van der Waals surface area contributed by atoms with Crippen molar-refractivity contribution in [2.24, 2.45) is 0 Å². The Hall–Kier alpha value is -2.41. The zero-order chi connectivity index (χ0) is 17.5. The van der Waals surface area contributed by atoms with E-state index in [0.29, 0.717) is 24.5 Å². The molecule has 128 valence electrons. The van der Waals surface area contributed by atoms with Gasteiger partial charge in [0.15, 0.2) is 0 Å². The van der Waals surface area contributed by atoms with Crippen LogP contribution in [0.3, 0.4) is 0 Å². The summed E-state index contributed by atoms with van der Waals surface area (Å²) >= 11 is 1.58. The van der Waals surface area contributed by atoms with E-state index in [9.17, 15) is 9.59 Å². The minimum atomic E-state index is -0.582. The van der Waals surface area contributed by atoms with Gasteiger partial charge in [0.25, 0.3) is 5.91 Å². The number of aryl methyl sites for hydroxylation is 1. The van der Waals surface area contributed by atoms with Crippen LogP contribution >= 0.6 is 11.3 Å². The standard InChI is InChI=1S/C17H21N3O3S/c1-4-18-16(21)11(2)19-17(22)13-5-7-15(8-6-13)23-9-14-10-24-12(3)20-14/h5-8,10-11H,4,9H2,1-3H3,(H,18,21)(H,19,22). The largest absolute Gasteiger partial charge is 0.487 e. The zero-order valence-corrected chi connectivity index (χ0v) is 14.8. The smallest absolute Gasteiger partial charge is 0.251 e. The van der Waals surface area contributed by atoms with Crippen LogP contribution in [0.25, 0.3) is 0 Å². The van der Waals surface area contributed by atoms with Crippen LogP contribution in [0, 0.1) is 6.92 Å². The Kier molecular flexibility index (Phi) is 6.31. The first-order valence-electron chi connectivity index (χ1n) is 7.72. The number of nitrogens with one attached hydrogen (secondary N) is 2. The van der Waals surface area contributed by atoms with Crippen molar-refractivity contribution in [2.75, 3.05) is 6.54 Å². The van der Waals surface area contributed by atoms with E-state index in [2.05, 4.69) is 15.6 Å². The summed E-state index contributed by atoms with van der Waals surface area (Å²) in [5.41, 5.74) is 1.36. The number of hydrogen-bond acceptors (Lipinski definition) is 5. The second-order valence-corrected chi connectivity index (χ2v) is 6.32. The van der Waals surface area contributed by atoms with Crippen LogP contribution in [0.2, 0.25) is 0 Å². The van der Waals surface area contributed by atoms with Crippen molar-refractivity contribution in [3.05, 3.63) is 45.9 Å². The Bertz CT molecular complexity index is 697. The van der Waals surface area contributed by atoms with Crippen LogP contribution in [-0.2, 0) is 11.4 Å². The lowest BCUT2D eigenvalue weighted by Crippen LogP contribution is -2.44. The molecule has 2 amide bonds. The van der Waals surface area contributed by atoms with Crippen LogP contribution in [-0.4, -0.2) is 29.4 Å². The van der Waals surface area contributed by atoms with Crippen molar-refractivity contribution in [1.82, 2.24) is 15.6 Å². The molecule has 2 rings (SSSR count). The van der Waals surface area contributed by atoms with Crippen molar-refractivity contribution >= 4 is 23.2 Å². The maximum absolute atomic E-state index is 12.1. The van der Waals surface area contributed by atoms with E-state index >= 15 is 0 Å². The fourth-order valence-electron chi connectivity index (χ4n) is 2.01. The Morgan fingerprint density at radius 1 is 1.29 bits per heavy atom. The third kappa shape index (κ3) is 5.06. The summed E-state index contributed by atoms with van der Waals surface area (Å²) < 4.78 is 5.64. The Balaban J connectivity index is 1.88. The van der Waals surface area contributed by atoms with Crippen molar-refractivity contribution in [2.45, 2.75) is 33.4 Å².